The van der Waals surface area contributed by atoms with Crippen LogP contribution in [0.2, 0.25) is 0 Å². The van der Waals surface area contributed by atoms with Crippen molar-refractivity contribution >= 4 is 0 Å². The van der Waals surface area contributed by atoms with Crippen molar-refractivity contribution in [3.63, 3.8) is 0 Å². The van der Waals surface area contributed by atoms with Crippen molar-refractivity contribution in [2.45, 2.75) is 66.6 Å². The Balaban J connectivity index is 2.49. The fourth-order valence-corrected chi connectivity index (χ4v) is 2.06. The molecule has 0 aliphatic carbocycles. The van der Waals surface area contributed by atoms with E-state index >= 15 is 0 Å². The van der Waals surface area contributed by atoms with Crippen LogP contribution in [-0.2, 0) is 13.1 Å². The third-order valence-corrected chi connectivity index (χ3v) is 3.62. The topological polar surface area (TPSA) is 28.4 Å². The number of nitrogens with one attached hydrogen (secondary N) is 1. The van der Waals surface area contributed by atoms with E-state index < -0.39 is 0 Å². The van der Waals surface area contributed by atoms with Gasteiger partial charge in [-0.3, -0.25) is 4.90 Å². The zero-order valence-electron chi connectivity index (χ0n) is 14.1. The first-order valence-electron chi connectivity index (χ1n) is 7.87. The van der Waals surface area contributed by atoms with Crippen LogP contribution < -0.4 is 5.32 Å². The predicted molar refractivity (Wildman–Crippen MR) is 85.7 cm³/mol. The maximum absolute atomic E-state index is 5.70. The summed E-state index contributed by atoms with van der Waals surface area (Å²) >= 11 is 0. The molecule has 1 rings (SSSR count). The van der Waals surface area contributed by atoms with Gasteiger partial charge < -0.3 is 9.73 Å². The average Bonchev–Trinajstić information content (AvgIpc) is 2.82. The fourth-order valence-electron chi connectivity index (χ4n) is 2.06. The summed E-state index contributed by atoms with van der Waals surface area (Å²) in [6, 6.07) is 2.18. The standard InChI is InChI=1S/C17H32N2O/c1-7-14(3)11-19(8-2)12-16-9-15(13-20-16)10-18-17(4,5)6/h9,13-14,18H,7-8,10-12H2,1-6H3. The molecule has 1 heterocycles. The first-order chi connectivity index (χ1) is 9.34. The minimum atomic E-state index is 0.142. The highest BCUT2D eigenvalue weighted by molar-refractivity contribution is 5.13. The highest BCUT2D eigenvalue weighted by atomic mass is 16.3. The van der Waals surface area contributed by atoms with Gasteiger partial charge in [0.2, 0.25) is 0 Å². The van der Waals surface area contributed by atoms with Crippen LogP contribution in [0, 0.1) is 5.92 Å². The summed E-state index contributed by atoms with van der Waals surface area (Å²) in [6.45, 7) is 17.3. The van der Waals surface area contributed by atoms with Crippen LogP contribution in [0.25, 0.3) is 0 Å². The maximum Gasteiger partial charge on any atom is 0.118 e. The van der Waals surface area contributed by atoms with E-state index in [0.717, 1.165) is 37.9 Å². The molecule has 20 heavy (non-hydrogen) atoms. The Labute approximate surface area is 124 Å². The molecule has 3 nitrogen and oxygen atoms in total. The molecule has 0 aromatic carbocycles. The third kappa shape index (κ3) is 6.58. The average molecular weight is 280 g/mol. The van der Waals surface area contributed by atoms with Crippen LogP contribution in [0.15, 0.2) is 16.7 Å². The van der Waals surface area contributed by atoms with Crippen LogP contribution in [0.3, 0.4) is 0 Å². The van der Waals surface area contributed by atoms with E-state index in [1.165, 1.54) is 12.0 Å². The first-order valence-corrected chi connectivity index (χ1v) is 7.87. The summed E-state index contributed by atoms with van der Waals surface area (Å²) in [6.07, 6.45) is 3.11. The van der Waals surface area contributed by atoms with E-state index in [9.17, 15) is 0 Å². The minimum Gasteiger partial charge on any atom is -0.468 e. The van der Waals surface area contributed by atoms with Crippen molar-refractivity contribution in [2.24, 2.45) is 5.92 Å². The van der Waals surface area contributed by atoms with E-state index in [0.29, 0.717) is 0 Å². The van der Waals surface area contributed by atoms with Gasteiger partial charge in [-0.25, -0.2) is 0 Å². The summed E-state index contributed by atoms with van der Waals surface area (Å²) in [4.78, 5) is 2.45. The van der Waals surface area contributed by atoms with Crippen LogP contribution >= 0.6 is 0 Å². The fraction of sp³-hybridized carbons (Fsp3) is 0.765. The van der Waals surface area contributed by atoms with E-state index in [1.807, 2.05) is 6.26 Å². The largest absolute Gasteiger partial charge is 0.468 e. The van der Waals surface area contributed by atoms with E-state index in [2.05, 4.69) is 57.8 Å². The van der Waals surface area contributed by atoms with Gasteiger partial charge in [0.1, 0.15) is 5.76 Å². The number of nitrogens with zero attached hydrogens (tertiary/aromatic N) is 1. The van der Waals surface area contributed by atoms with Crippen LogP contribution in [0.5, 0.6) is 0 Å². The summed E-state index contributed by atoms with van der Waals surface area (Å²) in [7, 11) is 0. The van der Waals surface area contributed by atoms with E-state index in [1.54, 1.807) is 0 Å². The van der Waals surface area contributed by atoms with Gasteiger partial charge in [-0.1, -0.05) is 27.2 Å². The Morgan fingerprint density at radius 1 is 1.30 bits per heavy atom. The lowest BCUT2D eigenvalue weighted by Gasteiger charge is -2.22. The second kappa shape index (κ2) is 7.84. The molecule has 0 radical (unpaired) electrons. The Bertz CT molecular complexity index is 379. The maximum atomic E-state index is 5.70. The van der Waals surface area contributed by atoms with Gasteiger partial charge in [0, 0.05) is 24.2 Å². The molecule has 0 bridgehead atoms. The molecule has 3 heteroatoms. The zero-order chi connectivity index (χ0) is 15.2. The Morgan fingerprint density at radius 2 is 2.00 bits per heavy atom. The van der Waals surface area contributed by atoms with Gasteiger partial charge in [0.25, 0.3) is 0 Å². The molecule has 0 saturated carbocycles. The first kappa shape index (κ1) is 17.3. The molecule has 1 aromatic heterocycles. The van der Waals surface area contributed by atoms with E-state index in [4.69, 9.17) is 4.42 Å². The Morgan fingerprint density at radius 3 is 2.55 bits per heavy atom. The van der Waals surface area contributed by atoms with Crippen molar-refractivity contribution in [3.8, 4) is 0 Å². The molecule has 0 aliphatic rings. The second-order valence-electron chi connectivity index (χ2n) is 6.87. The minimum absolute atomic E-state index is 0.142. The summed E-state index contributed by atoms with van der Waals surface area (Å²) in [5, 5.41) is 3.49. The van der Waals surface area contributed by atoms with Gasteiger partial charge in [-0.05, 0) is 39.3 Å². The molecular weight excluding hydrogens is 248 g/mol. The molecule has 0 fully saturated rings. The van der Waals surface area contributed by atoms with Gasteiger partial charge >= 0.3 is 0 Å². The van der Waals surface area contributed by atoms with Crippen molar-refractivity contribution in [1.82, 2.24) is 10.2 Å². The number of furan rings is 1. The molecule has 1 unspecified atom stereocenters. The molecule has 1 atom stereocenters. The monoisotopic (exact) mass is 280 g/mol. The number of rotatable bonds is 8. The quantitative estimate of drug-likeness (QED) is 0.779. The van der Waals surface area contributed by atoms with Crippen LogP contribution in [0.4, 0.5) is 0 Å². The highest BCUT2D eigenvalue weighted by Crippen LogP contribution is 2.13. The van der Waals surface area contributed by atoms with Gasteiger partial charge in [0.05, 0.1) is 12.8 Å². The lowest BCUT2D eigenvalue weighted by atomic mass is 10.1. The van der Waals surface area contributed by atoms with Crippen molar-refractivity contribution in [2.75, 3.05) is 13.1 Å². The molecule has 0 amide bonds. The molecular formula is C17H32N2O. The molecule has 1 aromatic rings. The van der Waals surface area contributed by atoms with Gasteiger partial charge in [0.15, 0.2) is 0 Å². The number of hydrogen-bond donors (Lipinski definition) is 1. The van der Waals surface area contributed by atoms with Crippen LogP contribution in [-0.4, -0.2) is 23.5 Å². The SMILES string of the molecule is CCC(C)CN(CC)Cc1cc(CNC(C)(C)C)co1. The Kier molecular flexibility index (Phi) is 6.77. The molecule has 116 valence electrons. The van der Waals surface area contributed by atoms with Crippen molar-refractivity contribution in [3.05, 3.63) is 23.7 Å². The summed E-state index contributed by atoms with van der Waals surface area (Å²) in [5.41, 5.74) is 1.37. The highest BCUT2D eigenvalue weighted by Gasteiger charge is 2.12. The third-order valence-electron chi connectivity index (χ3n) is 3.62. The Hall–Kier alpha value is -0.800. The lowest BCUT2D eigenvalue weighted by molar-refractivity contribution is 0.221. The summed E-state index contributed by atoms with van der Waals surface area (Å²) < 4.78 is 5.70. The summed E-state index contributed by atoms with van der Waals surface area (Å²) in [5.74, 6) is 1.81. The zero-order valence-corrected chi connectivity index (χ0v) is 14.1. The van der Waals surface area contributed by atoms with Gasteiger partial charge in [-0.15, -0.1) is 0 Å². The molecule has 0 saturated heterocycles. The van der Waals surface area contributed by atoms with Crippen molar-refractivity contribution < 1.29 is 4.42 Å². The van der Waals surface area contributed by atoms with Crippen LogP contribution in [0.1, 0.15) is 59.3 Å². The smallest absolute Gasteiger partial charge is 0.118 e. The normalized spacial score (nSPS) is 13.9. The van der Waals surface area contributed by atoms with Gasteiger partial charge in [-0.2, -0.15) is 0 Å². The number of hydrogen-bond acceptors (Lipinski definition) is 3. The predicted octanol–water partition coefficient (Wildman–Crippen LogP) is 4.04. The second-order valence-corrected chi connectivity index (χ2v) is 6.87. The van der Waals surface area contributed by atoms with E-state index in [-0.39, 0.29) is 5.54 Å². The molecule has 0 aliphatic heterocycles. The molecule has 1 N–H and O–H groups in total. The van der Waals surface area contributed by atoms with Crippen molar-refractivity contribution in [1.29, 1.82) is 0 Å². The molecule has 0 spiro atoms. The lowest BCUT2D eigenvalue weighted by Crippen LogP contribution is -2.34.